The molecule has 0 spiro atoms. The lowest BCUT2D eigenvalue weighted by atomic mass is 10.1. The van der Waals surface area contributed by atoms with Crippen molar-refractivity contribution in [2.45, 2.75) is 19.0 Å². The van der Waals surface area contributed by atoms with Gasteiger partial charge in [-0.15, -0.1) is 10.2 Å². The fourth-order valence-corrected chi connectivity index (χ4v) is 4.03. The zero-order valence-corrected chi connectivity index (χ0v) is 20.2. The number of hydrogen-bond donors (Lipinski definition) is 2. The van der Waals surface area contributed by atoms with Crippen LogP contribution >= 0.6 is 11.8 Å². The van der Waals surface area contributed by atoms with Crippen LogP contribution in [-0.4, -0.2) is 44.4 Å². The number of phenols is 1. The number of aromatic nitrogens is 3. The molecular weight excluding hydrogens is 462 g/mol. The molecule has 0 atom stereocenters. The van der Waals surface area contributed by atoms with Gasteiger partial charge in [0.2, 0.25) is 0 Å². The zero-order chi connectivity index (χ0) is 24.6. The maximum absolute atomic E-state index is 12.4. The third-order valence-corrected chi connectivity index (χ3v) is 5.91. The van der Waals surface area contributed by atoms with E-state index < -0.39 is 0 Å². The topological polar surface area (TPSA) is 102 Å². The number of rotatable bonds is 9. The van der Waals surface area contributed by atoms with E-state index in [0.29, 0.717) is 28.9 Å². The van der Waals surface area contributed by atoms with Crippen LogP contribution in [0.15, 0.2) is 83.1 Å². The molecule has 0 aliphatic carbocycles. The second kappa shape index (κ2) is 11.3. The van der Waals surface area contributed by atoms with Crippen LogP contribution in [0.3, 0.4) is 0 Å². The largest absolute Gasteiger partial charge is 0.504 e. The van der Waals surface area contributed by atoms with Crippen LogP contribution in [0.25, 0.3) is 17.1 Å². The van der Waals surface area contributed by atoms with Gasteiger partial charge < -0.3 is 9.84 Å². The molecule has 1 heterocycles. The summed E-state index contributed by atoms with van der Waals surface area (Å²) >= 11 is 1.28. The van der Waals surface area contributed by atoms with Gasteiger partial charge in [-0.1, -0.05) is 59.8 Å². The monoisotopic (exact) mass is 487 g/mol. The first-order valence-corrected chi connectivity index (χ1v) is 12.0. The van der Waals surface area contributed by atoms with E-state index in [-0.39, 0.29) is 17.4 Å². The van der Waals surface area contributed by atoms with Crippen molar-refractivity contribution < 1.29 is 14.6 Å². The third-order valence-electron chi connectivity index (χ3n) is 4.98. The van der Waals surface area contributed by atoms with Crippen LogP contribution in [0.2, 0.25) is 0 Å². The summed E-state index contributed by atoms with van der Waals surface area (Å²) < 4.78 is 7.30. The lowest BCUT2D eigenvalue weighted by Gasteiger charge is -2.10. The number of nitrogens with one attached hydrogen (secondary N) is 1. The molecule has 0 saturated carbocycles. The Kier molecular flexibility index (Phi) is 7.79. The first kappa shape index (κ1) is 24.0. The Labute approximate surface area is 207 Å². The summed E-state index contributed by atoms with van der Waals surface area (Å²) in [5, 5.41) is 23.2. The molecule has 3 aromatic carbocycles. The Morgan fingerprint density at radius 2 is 1.89 bits per heavy atom. The summed E-state index contributed by atoms with van der Waals surface area (Å²) in [6.45, 7) is 4.30. The Balaban J connectivity index is 1.46. The maximum atomic E-state index is 12.4. The van der Waals surface area contributed by atoms with Gasteiger partial charge in [-0.3, -0.25) is 9.36 Å². The predicted molar refractivity (Wildman–Crippen MR) is 137 cm³/mol. The van der Waals surface area contributed by atoms with Crippen LogP contribution in [0, 0.1) is 6.92 Å². The molecule has 0 bridgehead atoms. The van der Waals surface area contributed by atoms with Gasteiger partial charge in [-0.2, -0.15) is 5.10 Å². The number of thioether (sulfide) groups is 1. The number of aryl methyl sites for hydroxylation is 1. The summed E-state index contributed by atoms with van der Waals surface area (Å²) in [5.41, 5.74) is 6.21. The molecule has 9 heteroatoms. The third kappa shape index (κ3) is 6.07. The van der Waals surface area contributed by atoms with Gasteiger partial charge in [0, 0.05) is 11.3 Å². The normalized spacial score (nSPS) is 11.0. The summed E-state index contributed by atoms with van der Waals surface area (Å²) in [4.78, 5) is 12.4. The minimum absolute atomic E-state index is 0.0527. The molecule has 8 nitrogen and oxygen atoms in total. The number of carbonyl (C=O) groups excluding carboxylic acids is 1. The minimum Gasteiger partial charge on any atom is -0.504 e. The number of hydrogen-bond acceptors (Lipinski definition) is 7. The summed E-state index contributed by atoms with van der Waals surface area (Å²) in [6, 6.07) is 22.7. The van der Waals surface area contributed by atoms with Crippen molar-refractivity contribution in [2.75, 3.05) is 12.4 Å². The van der Waals surface area contributed by atoms with Crippen molar-refractivity contribution in [3.63, 3.8) is 0 Å². The molecule has 0 saturated heterocycles. The van der Waals surface area contributed by atoms with Crippen molar-refractivity contribution in [1.82, 2.24) is 20.2 Å². The molecule has 0 fully saturated rings. The van der Waals surface area contributed by atoms with Gasteiger partial charge in [-0.05, 0) is 49.7 Å². The molecule has 0 unspecified atom stereocenters. The van der Waals surface area contributed by atoms with Crippen molar-refractivity contribution in [2.24, 2.45) is 5.10 Å². The SMILES string of the molecule is CCOc1cc(/C=N/NC(=O)CSc2nnc(-c3ccc(C)cc3)n2-c2ccccc2)ccc1O. The first-order chi connectivity index (χ1) is 17.0. The molecule has 0 radical (unpaired) electrons. The summed E-state index contributed by atoms with van der Waals surface area (Å²) in [5.74, 6) is 0.944. The second-order valence-corrected chi connectivity index (χ2v) is 8.53. The number of hydrazone groups is 1. The highest BCUT2D eigenvalue weighted by atomic mass is 32.2. The van der Waals surface area contributed by atoms with Gasteiger partial charge in [0.1, 0.15) is 0 Å². The molecule has 4 rings (SSSR count). The number of carbonyl (C=O) groups is 1. The number of amides is 1. The lowest BCUT2D eigenvalue weighted by Crippen LogP contribution is -2.20. The maximum Gasteiger partial charge on any atom is 0.250 e. The van der Waals surface area contributed by atoms with Gasteiger partial charge in [0.25, 0.3) is 5.91 Å². The summed E-state index contributed by atoms with van der Waals surface area (Å²) in [7, 11) is 0. The van der Waals surface area contributed by atoms with Gasteiger partial charge >= 0.3 is 0 Å². The second-order valence-electron chi connectivity index (χ2n) is 7.59. The van der Waals surface area contributed by atoms with Crippen LogP contribution < -0.4 is 10.2 Å². The Bertz CT molecular complexity index is 1320. The van der Waals surface area contributed by atoms with Gasteiger partial charge in [0.15, 0.2) is 22.5 Å². The van der Waals surface area contributed by atoms with Crippen LogP contribution in [0.4, 0.5) is 0 Å². The van der Waals surface area contributed by atoms with Gasteiger partial charge in [-0.25, -0.2) is 5.43 Å². The fourth-order valence-electron chi connectivity index (χ4n) is 3.29. The Morgan fingerprint density at radius 1 is 1.11 bits per heavy atom. The highest BCUT2D eigenvalue weighted by Crippen LogP contribution is 2.28. The number of phenolic OH excluding ortho intramolecular Hbond substituents is 1. The van der Waals surface area contributed by atoms with Crippen LogP contribution in [-0.2, 0) is 4.79 Å². The molecule has 0 aliphatic heterocycles. The number of nitrogens with zero attached hydrogens (tertiary/aromatic N) is 4. The highest BCUT2D eigenvalue weighted by Gasteiger charge is 2.17. The molecule has 2 N–H and O–H groups in total. The van der Waals surface area contributed by atoms with Crippen molar-refractivity contribution >= 4 is 23.9 Å². The number of aromatic hydroxyl groups is 1. The van der Waals surface area contributed by atoms with Crippen LogP contribution in [0.5, 0.6) is 11.5 Å². The molecular formula is C26H25N5O3S. The van der Waals surface area contributed by atoms with E-state index in [1.807, 2.05) is 73.0 Å². The van der Waals surface area contributed by atoms with Gasteiger partial charge in [0.05, 0.1) is 18.6 Å². The van der Waals surface area contributed by atoms with E-state index in [1.54, 1.807) is 12.1 Å². The molecule has 4 aromatic rings. The lowest BCUT2D eigenvalue weighted by molar-refractivity contribution is -0.118. The average molecular weight is 488 g/mol. The van der Waals surface area contributed by atoms with E-state index in [4.69, 9.17) is 4.74 Å². The van der Waals surface area contributed by atoms with E-state index in [0.717, 1.165) is 16.8 Å². The molecule has 1 aromatic heterocycles. The van der Waals surface area contributed by atoms with Crippen molar-refractivity contribution in [3.05, 3.63) is 83.9 Å². The number of ether oxygens (including phenoxy) is 1. The zero-order valence-electron chi connectivity index (χ0n) is 19.4. The van der Waals surface area contributed by atoms with Crippen LogP contribution in [0.1, 0.15) is 18.1 Å². The minimum atomic E-state index is -0.283. The van der Waals surface area contributed by atoms with E-state index in [9.17, 15) is 9.90 Å². The Morgan fingerprint density at radius 3 is 2.63 bits per heavy atom. The highest BCUT2D eigenvalue weighted by molar-refractivity contribution is 7.99. The average Bonchev–Trinajstić information content (AvgIpc) is 3.30. The van der Waals surface area contributed by atoms with E-state index >= 15 is 0 Å². The molecule has 0 aliphatic rings. The fraction of sp³-hybridized carbons (Fsp3) is 0.154. The number of para-hydroxylation sites is 1. The summed E-state index contributed by atoms with van der Waals surface area (Å²) in [6.07, 6.45) is 1.49. The standard InChI is InChI=1S/C26H25N5O3S/c1-3-34-23-15-19(11-14-22(23)32)16-27-28-24(33)17-35-26-30-29-25(20-12-9-18(2)10-13-20)31(26)21-7-5-4-6-8-21/h4-16,32H,3,17H2,1-2H3,(H,28,33)/b27-16+. The molecule has 1 amide bonds. The van der Waals surface area contributed by atoms with Crippen molar-refractivity contribution in [1.29, 1.82) is 0 Å². The predicted octanol–water partition coefficient (Wildman–Crippen LogP) is 4.59. The smallest absolute Gasteiger partial charge is 0.250 e. The first-order valence-electron chi connectivity index (χ1n) is 11.0. The van der Waals surface area contributed by atoms with Crippen molar-refractivity contribution in [3.8, 4) is 28.6 Å². The molecule has 178 valence electrons. The molecule has 35 heavy (non-hydrogen) atoms. The Hall–Kier alpha value is -4.11. The van der Waals surface area contributed by atoms with E-state index in [2.05, 4.69) is 20.7 Å². The quantitative estimate of drug-likeness (QED) is 0.203. The van der Waals surface area contributed by atoms with E-state index in [1.165, 1.54) is 24.0 Å². The number of benzene rings is 3.